The quantitative estimate of drug-likeness (QED) is 0.839. The molecular weight excluding hydrogens is 262 g/mol. The van der Waals surface area contributed by atoms with E-state index in [1.165, 1.54) is 12.3 Å². The van der Waals surface area contributed by atoms with Crippen molar-refractivity contribution in [1.29, 1.82) is 0 Å². The molecule has 0 amide bonds. The fourth-order valence-corrected chi connectivity index (χ4v) is 3.60. The molecule has 106 valence electrons. The van der Waals surface area contributed by atoms with Crippen LogP contribution in [0.3, 0.4) is 0 Å². The fourth-order valence-electron chi connectivity index (χ4n) is 2.12. The standard InChI is InChI=1S/C13H21N3O2S/c1-3-8-14-12-10-11(5-9-15-12)19(17,18)16-13(2)6-4-7-13/h5,9-10,16H,3-4,6-8H2,1-2H3,(H,14,15). The molecule has 1 aromatic heterocycles. The van der Waals surface area contributed by atoms with Crippen LogP contribution in [0.1, 0.15) is 39.5 Å². The van der Waals surface area contributed by atoms with E-state index in [-0.39, 0.29) is 10.4 Å². The number of aromatic nitrogens is 1. The van der Waals surface area contributed by atoms with Crippen molar-refractivity contribution in [3.63, 3.8) is 0 Å². The van der Waals surface area contributed by atoms with Crippen molar-refractivity contribution in [2.75, 3.05) is 11.9 Å². The molecule has 0 aromatic carbocycles. The van der Waals surface area contributed by atoms with Crippen molar-refractivity contribution in [2.45, 2.75) is 50.0 Å². The maximum Gasteiger partial charge on any atom is 0.241 e. The van der Waals surface area contributed by atoms with Gasteiger partial charge in [-0.25, -0.2) is 18.1 Å². The summed E-state index contributed by atoms with van der Waals surface area (Å²) in [6.07, 6.45) is 5.37. The number of sulfonamides is 1. The Hall–Kier alpha value is -1.14. The first-order valence-electron chi connectivity index (χ1n) is 6.69. The van der Waals surface area contributed by atoms with E-state index in [2.05, 4.69) is 15.0 Å². The first-order valence-corrected chi connectivity index (χ1v) is 8.17. The Morgan fingerprint density at radius 2 is 2.16 bits per heavy atom. The van der Waals surface area contributed by atoms with Gasteiger partial charge in [0.25, 0.3) is 0 Å². The Labute approximate surface area is 114 Å². The maximum atomic E-state index is 12.3. The maximum absolute atomic E-state index is 12.3. The van der Waals surface area contributed by atoms with Crippen LogP contribution in [0.25, 0.3) is 0 Å². The number of rotatable bonds is 6. The van der Waals surface area contributed by atoms with Gasteiger partial charge in [-0.15, -0.1) is 0 Å². The molecule has 1 aliphatic rings. The van der Waals surface area contributed by atoms with E-state index in [1.54, 1.807) is 6.07 Å². The van der Waals surface area contributed by atoms with Gasteiger partial charge in [-0.1, -0.05) is 6.92 Å². The van der Waals surface area contributed by atoms with E-state index in [0.29, 0.717) is 5.82 Å². The summed E-state index contributed by atoms with van der Waals surface area (Å²) < 4.78 is 27.4. The van der Waals surface area contributed by atoms with Crippen LogP contribution in [-0.4, -0.2) is 25.5 Å². The average Bonchev–Trinajstić information content (AvgIpc) is 2.34. The predicted octanol–water partition coefficient (Wildman–Crippen LogP) is 2.12. The third-order valence-electron chi connectivity index (χ3n) is 3.44. The molecule has 0 aliphatic heterocycles. The highest BCUT2D eigenvalue weighted by molar-refractivity contribution is 7.89. The first kappa shape index (κ1) is 14.3. The number of anilines is 1. The van der Waals surface area contributed by atoms with Crippen LogP contribution in [0.15, 0.2) is 23.2 Å². The lowest BCUT2D eigenvalue weighted by Crippen LogP contribution is -2.50. The molecule has 1 saturated carbocycles. The van der Waals surface area contributed by atoms with Gasteiger partial charge in [0, 0.05) is 24.3 Å². The summed E-state index contributed by atoms with van der Waals surface area (Å²) >= 11 is 0. The summed E-state index contributed by atoms with van der Waals surface area (Å²) in [6, 6.07) is 3.11. The highest BCUT2D eigenvalue weighted by Crippen LogP contribution is 2.32. The molecule has 1 aromatic rings. The Bertz CT molecular complexity index is 539. The molecule has 1 fully saturated rings. The Balaban J connectivity index is 2.15. The molecule has 2 rings (SSSR count). The van der Waals surface area contributed by atoms with Crippen molar-refractivity contribution < 1.29 is 8.42 Å². The minimum atomic E-state index is -3.46. The van der Waals surface area contributed by atoms with Gasteiger partial charge < -0.3 is 5.32 Å². The monoisotopic (exact) mass is 283 g/mol. The largest absolute Gasteiger partial charge is 0.370 e. The van der Waals surface area contributed by atoms with Crippen molar-refractivity contribution in [2.24, 2.45) is 0 Å². The number of nitrogens with zero attached hydrogens (tertiary/aromatic N) is 1. The summed E-state index contributed by atoms with van der Waals surface area (Å²) in [5.74, 6) is 0.600. The van der Waals surface area contributed by atoms with Crippen molar-refractivity contribution in [1.82, 2.24) is 9.71 Å². The lowest BCUT2D eigenvalue weighted by Gasteiger charge is -2.38. The van der Waals surface area contributed by atoms with Gasteiger partial charge in [0.1, 0.15) is 5.82 Å². The van der Waals surface area contributed by atoms with Gasteiger partial charge in [-0.05, 0) is 38.7 Å². The van der Waals surface area contributed by atoms with Gasteiger partial charge in [0.2, 0.25) is 10.0 Å². The summed E-state index contributed by atoms with van der Waals surface area (Å²) in [5, 5.41) is 3.09. The minimum Gasteiger partial charge on any atom is -0.370 e. The second kappa shape index (κ2) is 5.46. The number of hydrogen-bond acceptors (Lipinski definition) is 4. The lowest BCUT2D eigenvalue weighted by atomic mass is 9.80. The topological polar surface area (TPSA) is 71.1 Å². The molecule has 6 heteroatoms. The molecule has 1 aliphatic carbocycles. The summed E-state index contributed by atoms with van der Waals surface area (Å²) in [6.45, 7) is 4.78. The Kier molecular flexibility index (Phi) is 4.10. The molecule has 0 bridgehead atoms. The van der Waals surface area contributed by atoms with E-state index in [9.17, 15) is 8.42 Å². The van der Waals surface area contributed by atoms with Crippen LogP contribution in [0.4, 0.5) is 5.82 Å². The molecule has 0 saturated heterocycles. The fraction of sp³-hybridized carbons (Fsp3) is 0.615. The van der Waals surface area contributed by atoms with Gasteiger partial charge in [0.05, 0.1) is 4.90 Å². The van der Waals surface area contributed by atoms with Gasteiger partial charge in [-0.3, -0.25) is 0 Å². The zero-order valence-electron chi connectivity index (χ0n) is 11.4. The summed E-state index contributed by atoms with van der Waals surface area (Å²) in [4.78, 5) is 4.39. The Morgan fingerprint density at radius 1 is 1.42 bits per heavy atom. The Morgan fingerprint density at radius 3 is 2.74 bits per heavy atom. The molecule has 5 nitrogen and oxygen atoms in total. The SMILES string of the molecule is CCCNc1cc(S(=O)(=O)NC2(C)CCC2)ccn1. The molecule has 0 spiro atoms. The van der Waals surface area contributed by atoms with Crippen LogP contribution < -0.4 is 10.0 Å². The van der Waals surface area contributed by atoms with E-state index in [1.807, 2.05) is 13.8 Å². The molecule has 2 N–H and O–H groups in total. The lowest BCUT2D eigenvalue weighted by molar-refractivity contribution is 0.248. The summed E-state index contributed by atoms with van der Waals surface area (Å²) in [7, 11) is -3.46. The van der Waals surface area contributed by atoms with Crippen molar-refractivity contribution in [3.05, 3.63) is 18.3 Å². The highest BCUT2D eigenvalue weighted by Gasteiger charge is 2.36. The van der Waals surface area contributed by atoms with Crippen LogP contribution in [0.5, 0.6) is 0 Å². The van der Waals surface area contributed by atoms with Crippen LogP contribution in [0, 0.1) is 0 Å². The van der Waals surface area contributed by atoms with Gasteiger partial charge >= 0.3 is 0 Å². The van der Waals surface area contributed by atoms with Crippen LogP contribution in [-0.2, 0) is 10.0 Å². The smallest absolute Gasteiger partial charge is 0.241 e. The van der Waals surface area contributed by atoms with Crippen molar-refractivity contribution in [3.8, 4) is 0 Å². The van der Waals surface area contributed by atoms with E-state index >= 15 is 0 Å². The highest BCUT2D eigenvalue weighted by atomic mass is 32.2. The number of pyridine rings is 1. The van der Waals surface area contributed by atoms with E-state index in [0.717, 1.165) is 32.2 Å². The molecular formula is C13H21N3O2S. The number of hydrogen-bond donors (Lipinski definition) is 2. The average molecular weight is 283 g/mol. The summed E-state index contributed by atoms with van der Waals surface area (Å²) in [5.41, 5.74) is -0.279. The molecule has 0 radical (unpaired) electrons. The molecule has 0 unspecified atom stereocenters. The third-order valence-corrected chi connectivity index (χ3v) is 5.07. The zero-order chi connectivity index (χ0) is 13.9. The van der Waals surface area contributed by atoms with Crippen molar-refractivity contribution >= 4 is 15.8 Å². The second-order valence-electron chi connectivity index (χ2n) is 5.32. The van der Waals surface area contributed by atoms with Gasteiger partial charge in [-0.2, -0.15) is 0 Å². The van der Waals surface area contributed by atoms with Crippen LogP contribution in [0.2, 0.25) is 0 Å². The normalized spacial score (nSPS) is 17.8. The van der Waals surface area contributed by atoms with E-state index in [4.69, 9.17) is 0 Å². The molecule has 1 heterocycles. The second-order valence-corrected chi connectivity index (χ2v) is 7.01. The molecule has 0 atom stereocenters. The zero-order valence-corrected chi connectivity index (χ0v) is 12.3. The third kappa shape index (κ3) is 3.45. The minimum absolute atomic E-state index is 0.272. The number of nitrogens with one attached hydrogen (secondary N) is 2. The predicted molar refractivity (Wildman–Crippen MR) is 75.6 cm³/mol. The van der Waals surface area contributed by atoms with E-state index < -0.39 is 10.0 Å². The first-order chi connectivity index (χ1) is 8.95. The van der Waals surface area contributed by atoms with Gasteiger partial charge in [0.15, 0.2) is 0 Å². The molecule has 19 heavy (non-hydrogen) atoms. The van der Waals surface area contributed by atoms with Crippen LogP contribution >= 0.6 is 0 Å².